The van der Waals surface area contributed by atoms with Gasteiger partial charge in [-0.1, -0.05) is 191 Å². The summed E-state index contributed by atoms with van der Waals surface area (Å²) in [5.41, 5.74) is 30.0. The lowest BCUT2D eigenvalue weighted by Crippen LogP contribution is -2.38. The van der Waals surface area contributed by atoms with Crippen LogP contribution in [0.15, 0.2) is 160 Å². The molecule has 1 aromatic heterocycles. The number of fused-ring (bicyclic) bond motifs is 10. The van der Waals surface area contributed by atoms with Gasteiger partial charge < -0.3 is 0 Å². The van der Waals surface area contributed by atoms with Gasteiger partial charge in [0.2, 0.25) is 0 Å². The van der Waals surface area contributed by atoms with Crippen molar-refractivity contribution in [2.24, 2.45) is 65.1 Å². The van der Waals surface area contributed by atoms with Gasteiger partial charge in [-0.05, 0) is 262 Å². The van der Waals surface area contributed by atoms with Crippen LogP contribution in [-0.4, -0.2) is 0 Å². The molecule has 0 nitrogen and oxygen atoms in total. The van der Waals surface area contributed by atoms with Crippen molar-refractivity contribution in [1.29, 1.82) is 0 Å². The fourth-order valence-electron chi connectivity index (χ4n) is 20.7. The van der Waals surface area contributed by atoms with E-state index in [2.05, 4.69) is 201 Å². The van der Waals surface area contributed by atoms with E-state index in [-0.39, 0.29) is 5.41 Å². The number of thiophene rings is 1. The van der Waals surface area contributed by atoms with Crippen molar-refractivity contribution in [2.75, 3.05) is 0 Å². The largest absolute Gasteiger partial charge is 0.152 e. The van der Waals surface area contributed by atoms with Gasteiger partial charge in [-0.15, -0.1) is 0 Å². The summed E-state index contributed by atoms with van der Waals surface area (Å²) in [5.74, 6) is 9.77. The Hall–Kier alpha value is -5.24. The summed E-state index contributed by atoms with van der Waals surface area (Å²) < 4.78 is 0. The predicted molar refractivity (Wildman–Crippen MR) is 328 cm³/mol. The second-order valence-corrected chi connectivity index (χ2v) is 29.0. The van der Waals surface area contributed by atoms with Crippen molar-refractivity contribution in [2.45, 2.75) is 156 Å². The highest BCUT2D eigenvalue weighted by molar-refractivity contribution is 7.08. The molecule has 1 heteroatoms. The molecular formula is C77H84S. The van der Waals surface area contributed by atoms with Crippen LogP contribution < -0.4 is 0 Å². The standard InChI is InChI=1S/C77H84S/c1-42(2)72-59-13-11-12-58(59)48(9)60(72)32-50-30-52-36-66-64-38-71-65(39-70(64)76(74(66)62(52)34-50,54-22-14-44(5)15-23-54)55-24-16-45(6)17-25-55)67-37-53-31-51(33-61-49(10)68-40-78-41-69(68)73(61)43(3)4)35-63(53)75(67)77(71,56-26-18-46(7)19-27-56)57-28-20-47(8)21-29-57/h14-30,32,38-43,48-49,51,53,58-59,61,63,67,72-73,75H,11-13,31,33-37H2,1-10H3/b60-32+. The third-order valence-corrected chi connectivity index (χ3v) is 24.5. The summed E-state index contributed by atoms with van der Waals surface area (Å²) in [6.07, 6.45) is 17.2. The van der Waals surface area contributed by atoms with Crippen molar-refractivity contribution in [1.82, 2.24) is 0 Å². The monoisotopic (exact) mass is 1040 g/mol. The molecule has 4 fully saturated rings. The molecule has 0 saturated heterocycles. The van der Waals surface area contributed by atoms with E-state index >= 15 is 0 Å². The van der Waals surface area contributed by atoms with Gasteiger partial charge in [0.1, 0.15) is 0 Å². The summed E-state index contributed by atoms with van der Waals surface area (Å²) in [5, 5.41) is 5.02. The van der Waals surface area contributed by atoms with Gasteiger partial charge in [0.15, 0.2) is 0 Å². The van der Waals surface area contributed by atoms with Gasteiger partial charge in [-0.3, -0.25) is 0 Å². The van der Waals surface area contributed by atoms with Crippen LogP contribution in [0.1, 0.15) is 195 Å². The summed E-state index contributed by atoms with van der Waals surface area (Å²) >= 11 is 1.94. The Morgan fingerprint density at radius 3 is 1.78 bits per heavy atom. The zero-order chi connectivity index (χ0) is 53.3. The lowest BCUT2D eigenvalue weighted by Gasteiger charge is -2.42. The molecule has 78 heavy (non-hydrogen) atoms. The Kier molecular flexibility index (Phi) is 11.6. The van der Waals surface area contributed by atoms with Crippen LogP contribution in [0, 0.1) is 92.8 Å². The summed E-state index contributed by atoms with van der Waals surface area (Å²) in [6.45, 7) is 24.3. The molecule has 0 N–H and O–H groups in total. The molecule has 398 valence electrons. The van der Waals surface area contributed by atoms with E-state index in [1.54, 1.807) is 61.3 Å². The average Bonchev–Trinajstić information content (AvgIpc) is 3.14. The zero-order valence-electron chi connectivity index (χ0n) is 48.6. The highest BCUT2D eigenvalue weighted by Crippen LogP contribution is 2.73. The van der Waals surface area contributed by atoms with E-state index in [1.165, 1.54) is 95.0 Å². The Labute approximate surface area is 472 Å². The zero-order valence-corrected chi connectivity index (χ0v) is 49.4. The van der Waals surface area contributed by atoms with E-state index in [9.17, 15) is 0 Å². The van der Waals surface area contributed by atoms with E-state index in [0.29, 0.717) is 53.3 Å². The molecule has 12 atom stereocenters. The minimum atomic E-state index is -0.423. The van der Waals surface area contributed by atoms with Crippen LogP contribution >= 0.6 is 11.3 Å². The van der Waals surface area contributed by atoms with Crippen molar-refractivity contribution in [3.05, 3.63) is 238 Å². The molecule has 5 aromatic carbocycles. The van der Waals surface area contributed by atoms with Gasteiger partial charge in [-0.25, -0.2) is 0 Å². The van der Waals surface area contributed by atoms with Crippen molar-refractivity contribution in [3.8, 4) is 0 Å². The quantitative estimate of drug-likeness (QED) is 0.135. The summed E-state index contributed by atoms with van der Waals surface area (Å²) in [6, 6.07) is 45.6. The number of hydrogen-bond donors (Lipinski definition) is 0. The van der Waals surface area contributed by atoms with Crippen molar-refractivity contribution in [3.63, 3.8) is 0 Å². The van der Waals surface area contributed by atoms with Crippen LogP contribution in [0.25, 0.3) is 5.57 Å². The fraction of sp³-hybridized carbons (Fsp3) is 0.455. The first-order chi connectivity index (χ1) is 37.7. The van der Waals surface area contributed by atoms with Crippen LogP contribution in [0.4, 0.5) is 0 Å². The third-order valence-electron chi connectivity index (χ3n) is 23.7. The van der Waals surface area contributed by atoms with E-state index in [4.69, 9.17) is 0 Å². The molecule has 15 rings (SSSR count). The molecule has 0 amide bonds. The van der Waals surface area contributed by atoms with E-state index in [0.717, 1.165) is 42.4 Å². The minimum absolute atomic E-state index is 0.257. The lowest BCUT2D eigenvalue weighted by molar-refractivity contribution is 0.240. The topological polar surface area (TPSA) is 0 Å². The molecule has 6 aromatic rings. The first kappa shape index (κ1) is 49.8. The number of allylic oxidation sites excluding steroid dienone is 8. The van der Waals surface area contributed by atoms with Gasteiger partial charge in [0, 0.05) is 5.41 Å². The Morgan fingerprint density at radius 2 is 1.17 bits per heavy atom. The minimum Gasteiger partial charge on any atom is -0.152 e. The molecule has 9 aliphatic rings. The molecule has 0 radical (unpaired) electrons. The summed E-state index contributed by atoms with van der Waals surface area (Å²) in [4.78, 5) is 0. The molecule has 9 aliphatic carbocycles. The van der Waals surface area contributed by atoms with Crippen molar-refractivity contribution >= 4 is 16.9 Å². The van der Waals surface area contributed by atoms with Gasteiger partial charge >= 0.3 is 0 Å². The molecule has 4 saturated carbocycles. The second-order valence-electron chi connectivity index (χ2n) is 28.3. The Bertz CT molecular complexity index is 3410. The van der Waals surface area contributed by atoms with E-state index < -0.39 is 5.41 Å². The van der Waals surface area contributed by atoms with Gasteiger partial charge in [-0.2, -0.15) is 11.3 Å². The number of benzene rings is 5. The normalized spacial score (nSPS) is 31.8. The lowest BCUT2D eigenvalue weighted by atomic mass is 9.60. The molecule has 0 bridgehead atoms. The Balaban J connectivity index is 0.911. The van der Waals surface area contributed by atoms with Crippen LogP contribution in [0.3, 0.4) is 0 Å². The van der Waals surface area contributed by atoms with Gasteiger partial charge in [0.25, 0.3) is 0 Å². The first-order valence-corrected chi connectivity index (χ1v) is 32.1. The second kappa shape index (κ2) is 18.1. The predicted octanol–water partition coefficient (Wildman–Crippen LogP) is 20.0. The Morgan fingerprint density at radius 1 is 0.577 bits per heavy atom. The van der Waals surface area contributed by atoms with Gasteiger partial charge in [0.05, 0.1) is 5.41 Å². The SMILES string of the molecule is Cc1ccc(C2(c3ccc(C)cc3)C3=C(CC4=C3CC(/C=C3\C(C)C5CCCC5C3C(C)C)=C4)c3cc4c(cc32)C2CC3CC(CC5C(C)c6cscc6C5C(C)C)CC3C2C4(c2ccc(C)cc2)c2ccc(C)cc2)cc1. The molecule has 12 unspecified atom stereocenters. The molecule has 0 aliphatic heterocycles. The maximum atomic E-state index is 2.90. The maximum Gasteiger partial charge on any atom is 0.0713 e. The molecule has 1 heterocycles. The van der Waals surface area contributed by atoms with Crippen LogP contribution in [-0.2, 0) is 10.8 Å². The average molecular weight is 1040 g/mol. The first-order valence-electron chi connectivity index (χ1n) is 31.2. The highest BCUT2D eigenvalue weighted by atomic mass is 32.1. The highest BCUT2D eigenvalue weighted by Gasteiger charge is 2.65. The molecular weight excluding hydrogens is 957 g/mol. The number of aryl methyl sites for hydroxylation is 4. The number of hydrogen-bond acceptors (Lipinski definition) is 1. The van der Waals surface area contributed by atoms with Crippen molar-refractivity contribution < 1.29 is 0 Å². The van der Waals surface area contributed by atoms with E-state index in [1.807, 2.05) is 11.3 Å². The fourth-order valence-corrected chi connectivity index (χ4v) is 21.8. The maximum absolute atomic E-state index is 2.90. The molecule has 0 spiro atoms. The van der Waals surface area contributed by atoms with Crippen LogP contribution in [0.2, 0.25) is 0 Å². The smallest absolute Gasteiger partial charge is 0.0713 e. The summed E-state index contributed by atoms with van der Waals surface area (Å²) in [7, 11) is 0. The third kappa shape index (κ3) is 6.94. The van der Waals surface area contributed by atoms with Crippen LogP contribution in [0.5, 0.6) is 0 Å². The number of rotatable bonds is 9.